The van der Waals surface area contributed by atoms with Crippen molar-refractivity contribution in [3.8, 4) is 64.0 Å². The van der Waals surface area contributed by atoms with E-state index >= 15 is 0 Å². The zero-order valence-corrected chi connectivity index (χ0v) is 78.4. The van der Waals surface area contributed by atoms with Crippen molar-refractivity contribution >= 4 is 74.1 Å². The molecule has 15 rings (SSSR count). The van der Waals surface area contributed by atoms with Crippen LogP contribution in [-0.2, 0) is 42.9 Å². The first kappa shape index (κ1) is 90.3. The number of thiophene rings is 4. The van der Waals surface area contributed by atoms with Gasteiger partial charge in [-0.3, -0.25) is 9.59 Å². The number of benzene rings is 7. The second kappa shape index (κ2) is 41.9. The molecule has 0 bridgehead atoms. The molecule has 12 heteroatoms. The minimum atomic E-state index is -0.868. The van der Waals surface area contributed by atoms with Crippen LogP contribution >= 0.6 is 45.3 Å². The maximum Gasteiger partial charge on any atom is 0.528 e. The van der Waals surface area contributed by atoms with Crippen molar-refractivity contribution in [1.29, 1.82) is 10.5 Å². The van der Waals surface area contributed by atoms with E-state index < -0.39 is 16.7 Å². The number of fused-ring (bicyclic) bond motifs is 8. The Labute approximate surface area is 765 Å². The van der Waals surface area contributed by atoms with Gasteiger partial charge in [0.1, 0.15) is 42.4 Å². The van der Waals surface area contributed by atoms with Crippen LogP contribution in [0.4, 0.5) is 0 Å². The van der Waals surface area contributed by atoms with E-state index in [0.29, 0.717) is 70.4 Å². The van der Waals surface area contributed by atoms with E-state index in [4.69, 9.17) is 22.6 Å². The van der Waals surface area contributed by atoms with Gasteiger partial charge in [0, 0.05) is 46.0 Å². The maximum absolute atomic E-state index is 14.9. The van der Waals surface area contributed by atoms with Gasteiger partial charge in [0.05, 0.1) is 45.3 Å². The minimum Gasteiger partial charge on any atom is -0.492 e. The van der Waals surface area contributed by atoms with Gasteiger partial charge >= 0.3 is 5.82 Å². The Hall–Kier alpha value is -10.5. The highest BCUT2D eigenvalue weighted by Gasteiger charge is 2.54. The van der Waals surface area contributed by atoms with Crippen LogP contribution in [0.1, 0.15) is 318 Å². The Balaban J connectivity index is 1.01. The maximum atomic E-state index is 14.9. The van der Waals surface area contributed by atoms with Crippen molar-refractivity contribution in [2.75, 3.05) is 13.2 Å². The van der Waals surface area contributed by atoms with Crippen LogP contribution in [0.15, 0.2) is 199 Å². The van der Waals surface area contributed by atoms with E-state index in [1.54, 1.807) is 28.7 Å². The van der Waals surface area contributed by atoms with Gasteiger partial charge in [-0.25, -0.2) is 0 Å². The molecule has 0 radical (unpaired) electrons. The zero-order valence-electron chi connectivity index (χ0n) is 75.1. The number of Topliss-reactive ketones (excluding diaryl/α,β-unsaturated/α-hetero) is 2. The first-order valence-corrected chi connectivity index (χ1v) is 50.5. The highest BCUT2D eigenvalue weighted by molar-refractivity contribution is 7.25. The molecule has 3 atom stereocenters. The number of carbonyl (C=O) groups excluding carboxylic acids is 2. The molecule has 0 fully saturated rings. The van der Waals surface area contributed by atoms with Gasteiger partial charge in [-0.05, 0) is 220 Å². The highest BCUT2D eigenvalue weighted by atomic mass is 32.1. The number of unbranched alkanes of at least 4 members (excludes halogenated alkanes) is 14. The predicted octanol–water partition coefficient (Wildman–Crippen LogP) is 32.3. The van der Waals surface area contributed by atoms with Crippen LogP contribution in [0.3, 0.4) is 0 Å². The molecule has 11 aromatic rings. The van der Waals surface area contributed by atoms with E-state index in [9.17, 15) is 20.1 Å². The SMILES string of the molecule is [C-]#[N+]C([N+]#[C-])=C1/C(=C/c2cc(OCC(CC)CCCC)c(-c3cc4c(s3)-c3cc5c(cc3C4(c3ccc(CCCCCC)cc3)c3ccc(CCCCCC)cc3)-c3sc(-c4sc(CC6C(=O)c7ccccc7C6=C(C#N)C#N)cc4OCC(CC)CCCC)cc3C5(c3ccc(CCCCCC)cc3)c3ccc(CCCCCC)cc3)s2)C(=O)c2ccccc21. The van der Waals surface area contributed by atoms with Crippen LogP contribution in [-0.4, -0.2) is 24.8 Å². The molecule has 0 spiro atoms. The third-order valence-electron chi connectivity index (χ3n) is 27.2. The highest BCUT2D eigenvalue weighted by Crippen LogP contribution is 2.67. The fourth-order valence-corrected chi connectivity index (χ4v) is 25.0. The van der Waals surface area contributed by atoms with Gasteiger partial charge in [0.15, 0.2) is 11.6 Å². The smallest absolute Gasteiger partial charge is 0.492 e. The summed E-state index contributed by atoms with van der Waals surface area (Å²) in [5.74, 6) is 1.07. The lowest BCUT2D eigenvalue weighted by Gasteiger charge is -2.35. The molecule has 0 saturated heterocycles. The van der Waals surface area contributed by atoms with E-state index in [1.807, 2.05) is 71.2 Å². The molecule has 0 aliphatic heterocycles. The van der Waals surface area contributed by atoms with Crippen molar-refractivity contribution in [2.45, 2.75) is 252 Å². The van der Waals surface area contributed by atoms with Crippen LogP contribution in [0, 0.1) is 53.6 Å². The molecule has 4 heterocycles. The number of ether oxygens (including phenoxy) is 2. The quantitative estimate of drug-likeness (QED) is 0.0163. The van der Waals surface area contributed by atoms with Crippen molar-refractivity contribution in [3.63, 3.8) is 0 Å². The lowest BCUT2D eigenvalue weighted by molar-refractivity contribution is 0.0957. The lowest BCUT2D eigenvalue weighted by Crippen LogP contribution is -2.30. The summed E-state index contributed by atoms with van der Waals surface area (Å²) in [6.07, 6.45) is 33.4. The number of nitriles is 2. The van der Waals surface area contributed by atoms with Gasteiger partial charge in [-0.15, -0.1) is 45.3 Å². The monoisotopic (exact) mass is 1740 g/mol. The van der Waals surface area contributed by atoms with Gasteiger partial charge in [0.25, 0.3) is 0 Å². The molecule has 3 unspecified atom stereocenters. The van der Waals surface area contributed by atoms with Crippen molar-refractivity contribution in [1.82, 2.24) is 0 Å². The Morgan fingerprint density at radius 1 is 0.429 bits per heavy atom. The summed E-state index contributed by atoms with van der Waals surface area (Å²) in [5, 5.41) is 21.2. The molecule has 4 aromatic heterocycles. The van der Waals surface area contributed by atoms with Crippen LogP contribution < -0.4 is 9.47 Å². The normalized spacial score (nSPS) is 15.0. The molecular formula is C114H120N4O4S4. The number of hydrogen-bond acceptors (Lipinski definition) is 10. The zero-order chi connectivity index (χ0) is 87.9. The van der Waals surface area contributed by atoms with E-state index in [-0.39, 0.29) is 23.0 Å². The Bertz CT molecular complexity index is 5860. The van der Waals surface area contributed by atoms with Crippen LogP contribution in [0.25, 0.3) is 67.3 Å². The largest absolute Gasteiger partial charge is 0.528 e. The molecule has 7 aromatic carbocycles. The van der Waals surface area contributed by atoms with E-state index in [1.165, 1.54) is 165 Å². The number of aryl methyl sites for hydroxylation is 4. The first-order chi connectivity index (χ1) is 61.8. The van der Waals surface area contributed by atoms with E-state index in [0.717, 1.165) is 143 Å². The molecule has 0 saturated carbocycles. The molecule has 126 heavy (non-hydrogen) atoms. The molecular weight excluding hydrogens is 1620 g/mol. The second-order valence-corrected chi connectivity index (χ2v) is 39.7. The average molecular weight is 1740 g/mol. The summed E-state index contributed by atoms with van der Waals surface area (Å²) in [6, 6.07) is 72.8. The summed E-state index contributed by atoms with van der Waals surface area (Å²) >= 11 is 6.99. The van der Waals surface area contributed by atoms with Crippen molar-refractivity contribution in [3.05, 3.63) is 321 Å². The Morgan fingerprint density at radius 2 is 0.825 bits per heavy atom. The molecule has 644 valence electrons. The topological polar surface area (TPSA) is 109 Å². The molecule has 4 aliphatic rings. The van der Waals surface area contributed by atoms with Gasteiger partial charge < -0.3 is 9.47 Å². The number of rotatable bonds is 43. The lowest BCUT2D eigenvalue weighted by atomic mass is 9.65. The average Bonchev–Trinajstić information content (AvgIpc) is 1.50. The summed E-state index contributed by atoms with van der Waals surface area (Å²) in [7, 11) is 0. The number of ketones is 2. The van der Waals surface area contributed by atoms with Gasteiger partial charge in [-0.2, -0.15) is 20.2 Å². The summed E-state index contributed by atoms with van der Waals surface area (Å²) in [4.78, 5) is 45.6. The van der Waals surface area contributed by atoms with E-state index in [2.05, 4.69) is 211 Å². The Kier molecular flexibility index (Phi) is 30.0. The standard InChI is InChI=1S/C114H120N4O4S4/c1-11-19-25-29-39-77-47-55-82(56-48-77)113(83-57-49-78(50-58-83)40-30-26-20-12-2)96-68-93-97(67-92(96)108-98(113)69-102(125-108)110-100(121-73-75(17-7)37-23-15-5)65-86(123-110)63-94-104(81(71-115)72-116)88-43-33-35-45-90(88)106(94)119)114(84-59-51-79(52-60-84)41-31-27-21-13-3,85-61-53-80(54-62-85)42-32-28-22-14-4)99-70-103(126-109(93)99)111-101(122-74-76(18-8)38-24-16-6)66-87(124-111)64-95-105(112(117-9)118-10)89-44-34-36-46-91(89)107(95)120/h33-36,43-62,64-70,75-76,94H,11-32,37-42,63,73-74H2,1-8H3/b95-64-. The second-order valence-electron chi connectivity index (χ2n) is 35.4. The summed E-state index contributed by atoms with van der Waals surface area (Å²) in [6.45, 7) is 35.8. The molecule has 0 N–H and O–H groups in total. The van der Waals surface area contributed by atoms with Gasteiger partial charge in [0.2, 0.25) is 0 Å². The first-order valence-electron chi connectivity index (χ1n) is 47.2. The van der Waals surface area contributed by atoms with Crippen LogP contribution in [0.5, 0.6) is 11.5 Å². The third kappa shape index (κ3) is 18.1. The fraction of sp³-hybridized carbons (Fsp3) is 0.386. The summed E-state index contributed by atoms with van der Waals surface area (Å²) < 4.78 is 14.6. The molecule has 4 aliphatic carbocycles. The fourth-order valence-electron chi connectivity index (χ4n) is 20.1. The minimum absolute atomic E-state index is 0.0277. The number of hydrogen-bond donors (Lipinski definition) is 0. The number of nitrogens with zero attached hydrogens (tertiary/aromatic N) is 4. The Morgan fingerprint density at radius 3 is 1.23 bits per heavy atom. The molecule has 0 amide bonds. The van der Waals surface area contributed by atoms with Crippen molar-refractivity contribution < 1.29 is 19.1 Å². The number of carbonyl (C=O) groups is 2. The third-order valence-corrected chi connectivity index (χ3v) is 32.1. The summed E-state index contributed by atoms with van der Waals surface area (Å²) in [5.41, 5.74) is 19.1. The number of allylic oxidation sites excluding steroid dienone is 4. The van der Waals surface area contributed by atoms with Crippen LogP contribution in [0.2, 0.25) is 0 Å². The van der Waals surface area contributed by atoms with Gasteiger partial charge in [-0.1, -0.05) is 317 Å². The molecule has 8 nitrogen and oxygen atoms in total. The predicted molar refractivity (Wildman–Crippen MR) is 527 cm³/mol. The van der Waals surface area contributed by atoms with Crippen molar-refractivity contribution in [2.24, 2.45) is 17.8 Å².